The first-order chi connectivity index (χ1) is 20.7. The zero-order valence-corrected chi connectivity index (χ0v) is 25.5. The van der Waals surface area contributed by atoms with E-state index in [2.05, 4.69) is 31.0 Å². The molecule has 0 radical (unpaired) electrons. The van der Waals surface area contributed by atoms with Gasteiger partial charge < -0.3 is 26.2 Å². The summed E-state index contributed by atoms with van der Waals surface area (Å²) in [5.74, 6) is -0.322. The van der Waals surface area contributed by atoms with E-state index >= 15 is 0 Å². The highest BCUT2D eigenvalue weighted by molar-refractivity contribution is 7.94. The molecule has 0 spiro atoms. The molecule has 13 nitrogen and oxygen atoms in total. The molecule has 1 aliphatic heterocycles. The highest BCUT2D eigenvalue weighted by Crippen LogP contribution is 2.12. The normalized spacial score (nSPS) is 16.0. The summed E-state index contributed by atoms with van der Waals surface area (Å²) in [6.45, 7) is 2.88. The molecule has 2 aromatic rings. The molecule has 2 heterocycles. The second kappa shape index (κ2) is 17.2. The first-order valence-corrected chi connectivity index (χ1v) is 15.7. The van der Waals surface area contributed by atoms with Gasteiger partial charge >= 0.3 is 6.03 Å². The Bertz CT molecular complexity index is 1320. The zero-order valence-electron chi connectivity index (χ0n) is 24.7. The number of guanidine groups is 1. The predicted molar refractivity (Wildman–Crippen MR) is 165 cm³/mol. The molecule has 1 saturated heterocycles. The monoisotopic (exact) mass is 614 g/mol. The van der Waals surface area contributed by atoms with Crippen molar-refractivity contribution in [1.29, 1.82) is 0 Å². The Kier molecular flexibility index (Phi) is 13.4. The minimum atomic E-state index is -3.83. The van der Waals surface area contributed by atoms with Crippen molar-refractivity contribution in [3.8, 4) is 0 Å². The third-order valence-electron chi connectivity index (χ3n) is 6.88. The number of likely N-dealkylation sites (N-methyl/N-ethyl adjacent to an activating group) is 1. The number of aryl methyl sites for hydroxylation is 1. The smallest absolute Gasteiger partial charge is 0.318 e. The SMILES string of the molecule is CONC(N)=NCCC[C@H](NC(=O)N1CCN(C)CC1)C(=O)N[C@H](/C=C/S(=O)(=O)c1ccccn1)CCc1ccccc1. The van der Waals surface area contributed by atoms with Gasteiger partial charge in [-0.05, 0) is 50.4 Å². The van der Waals surface area contributed by atoms with Crippen LogP contribution in [0.15, 0.2) is 76.2 Å². The van der Waals surface area contributed by atoms with Crippen molar-refractivity contribution >= 4 is 27.7 Å². The summed E-state index contributed by atoms with van der Waals surface area (Å²) in [5.41, 5.74) is 9.18. The highest BCUT2D eigenvalue weighted by atomic mass is 32.2. The van der Waals surface area contributed by atoms with Gasteiger partial charge in [0.2, 0.25) is 21.7 Å². The van der Waals surface area contributed by atoms with Gasteiger partial charge in [0.15, 0.2) is 5.03 Å². The number of nitrogens with two attached hydrogens (primary N) is 1. The Balaban J connectivity index is 1.76. The number of aliphatic imine (C=N–C) groups is 1. The third kappa shape index (κ3) is 11.7. The largest absolute Gasteiger partial charge is 0.368 e. The lowest BCUT2D eigenvalue weighted by molar-refractivity contribution is -0.123. The van der Waals surface area contributed by atoms with E-state index in [-0.39, 0.29) is 23.4 Å². The topological polar surface area (TPSA) is 171 Å². The molecule has 3 rings (SSSR count). The average Bonchev–Trinajstić information content (AvgIpc) is 3.01. The van der Waals surface area contributed by atoms with E-state index in [1.54, 1.807) is 17.0 Å². The van der Waals surface area contributed by atoms with Crippen molar-refractivity contribution in [3.05, 3.63) is 71.8 Å². The molecule has 43 heavy (non-hydrogen) atoms. The van der Waals surface area contributed by atoms with Gasteiger partial charge in [-0.2, -0.15) is 0 Å². The van der Waals surface area contributed by atoms with Crippen LogP contribution >= 0.6 is 0 Å². The zero-order chi connectivity index (χ0) is 31.1. The molecule has 3 amide bonds. The van der Waals surface area contributed by atoms with Crippen LogP contribution in [0, 0.1) is 0 Å². The van der Waals surface area contributed by atoms with Crippen molar-refractivity contribution in [2.75, 3.05) is 46.9 Å². The maximum Gasteiger partial charge on any atom is 0.318 e. The van der Waals surface area contributed by atoms with Gasteiger partial charge in [-0.15, -0.1) is 0 Å². The molecule has 0 bridgehead atoms. The standard InChI is InChI=1S/C29H42N8O5S/c1-36-18-20-37(21-19-36)29(39)34-25(11-8-17-32-28(30)35-42-2)27(38)33-24(14-13-23-9-4-3-5-10-23)15-22-43(40,41)26-12-6-7-16-31-26/h3-7,9-10,12,15-16,22,24-25H,8,11,13-14,17-21H2,1-2H3,(H,33,38)(H,34,39)(H3,30,32,35)/b22-15+/t24-,25-/m0/s1. The lowest BCUT2D eigenvalue weighted by atomic mass is 10.0. The molecule has 0 saturated carbocycles. The number of amides is 3. The second-order valence-corrected chi connectivity index (χ2v) is 12.0. The second-order valence-electron chi connectivity index (χ2n) is 10.2. The summed E-state index contributed by atoms with van der Waals surface area (Å²) in [6.07, 6.45) is 4.64. The van der Waals surface area contributed by atoms with Crippen molar-refractivity contribution in [1.82, 2.24) is 30.9 Å². The van der Waals surface area contributed by atoms with Gasteiger partial charge in [-0.3, -0.25) is 14.6 Å². The Hall–Kier alpha value is -4.01. The number of hydroxylamine groups is 1. The van der Waals surface area contributed by atoms with E-state index < -0.39 is 27.8 Å². The average molecular weight is 615 g/mol. The molecule has 0 aliphatic carbocycles. The Morgan fingerprint density at radius 2 is 1.79 bits per heavy atom. The Morgan fingerprint density at radius 1 is 1.07 bits per heavy atom. The third-order valence-corrected chi connectivity index (χ3v) is 8.22. The van der Waals surface area contributed by atoms with Gasteiger partial charge in [0.05, 0.1) is 7.11 Å². The van der Waals surface area contributed by atoms with Gasteiger partial charge in [-0.1, -0.05) is 42.5 Å². The van der Waals surface area contributed by atoms with Gasteiger partial charge in [-0.25, -0.2) is 23.7 Å². The summed E-state index contributed by atoms with van der Waals surface area (Å²) in [4.78, 5) is 43.4. The minimum absolute atomic E-state index is 0.0838. The van der Waals surface area contributed by atoms with Crippen LogP contribution in [0.1, 0.15) is 24.8 Å². The maximum atomic E-state index is 13.6. The molecule has 2 atom stereocenters. The number of carbonyl (C=O) groups excluding carboxylic acids is 2. The van der Waals surface area contributed by atoms with Crippen molar-refractivity contribution < 1.29 is 22.8 Å². The van der Waals surface area contributed by atoms with Crippen LogP contribution < -0.4 is 21.8 Å². The summed E-state index contributed by atoms with van der Waals surface area (Å²) >= 11 is 0. The Morgan fingerprint density at radius 3 is 2.47 bits per heavy atom. The molecule has 1 aromatic heterocycles. The summed E-state index contributed by atoms with van der Waals surface area (Å²) < 4.78 is 25.8. The number of nitrogens with one attached hydrogen (secondary N) is 3. The summed E-state index contributed by atoms with van der Waals surface area (Å²) in [6, 6.07) is 12.5. The molecular formula is C29H42N8O5S. The number of nitrogens with zero attached hydrogens (tertiary/aromatic N) is 4. The number of rotatable bonds is 14. The number of pyridine rings is 1. The molecule has 1 aliphatic rings. The van der Waals surface area contributed by atoms with E-state index in [0.29, 0.717) is 38.9 Å². The van der Waals surface area contributed by atoms with E-state index in [4.69, 9.17) is 10.6 Å². The number of benzene rings is 1. The van der Waals surface area contributed by atoms with Crippen LogP contribution in [0.25, 0.3) is 0 Å². The number of sulfone groups is 1. The highest BCUT2D eigenvalue weighted by Gasteiger charge is 2.26. The van der Waals surface area contributed by atoms with Crippen LogP contribution in [0.4, 0.5) is 4.79 Å². The fourth-order valence-corrected chi connectivity index (χ4v) is 5.41. The number of carbonyl (C=O) groups is 2. The van der Waals surface area contributed by atoms with E-state index in [0.717, 1.165) is 24.1 Å². The fraction of sp³-hybridized carbons (Fsp3) is 0.448. The van der Waals surface area contributed by atoms with Crippen molar-refractivity contribution in [3.63, 3.8) is 0 Å². The van der Waals surface area contributed by atoms with E-state index in [1.807, 2.05) is 37.4 Å². The number of hydrogen-bond donors (Lipinski definition) is 4. The number of hydrogen-bond acceptors (Lipinski definition) is 8. The Labute approximate surface area is 253 Å². The van der Waals surface area contributed by atoms with Crippen molar-refractivity contribution in [2.45, 2.75) is 42.8 Å². The maximum absolute atomic E-state index is 13.6. The van der Waals surface area contributed by atoms with E-state index in [9.17, 15) is 18.0 Å². The van der Waals surface area contributed by atoms with Crippen LogP contribution in [0.5, 0.6) is 0 Å². The van der Waals surface area contributed by atoms with Gasteiger partial charge in [0, 0.05) is 50.4 Å². The first-order valence-electron chi connectivity index (χ1n) is 14.2. The van der Waals surface area contributed by atoms with E-state index in [1.165, 1.54) is 25.4 Å². The lowest BCUT2D eigenvalue weighted by Crippen LogP contribution is -2.56. The molecule has 234 valence electrons. The van der Waals surface area contributed by atoms with Crippen LogP contribution in [-0.2, 0) is 25.9 Å². The van der Waals surface area contributed by atoms with Crippen LogP contribution in [0.2, 0.25) is 0 Å². The predicted octanol–water partition coefficient (Wildman–Crippen LogP) is 1.06. The van der Waals surface area contributed by atoms with Gasteiger partial charge in [0.25, 0.3) is 0 Å². The molecule has 0 unspecified atom stereocenters. The summed E-state index contributed by atoms with van der Waals surface area (Å²) in [5, 5.41) is 6.82. The molecular weight excluding hydrogens is 572 g/mol. The first kappa shape index (κ1) is 33.5. The molecule has 14 heteroatoms. The number of piperazine rings is 1. The number of urea groups is 1. The lowest BCUT2D eigenvalue weighted by Gasteiger charge is -2.33. The minimum Gasteiger partial charge on any atom is -0.368 e. The van der Waals surface area contributed by atoms with Gasteiger partial charge in [0.1, 0.15) is 6.04 Å². The quantitative estimate of drug-likeness (QED) is 0.105. The number of aromatic nitrogens is 1. The van der Waals surface area contributed by atoms with Crippen LogP contribution in [0.3, 0.4) is 0 Å². The summed E-state index contributed by atoms with van der Waals surface area (Å²) in [7, 11) is -0.418. The molecule has 1 aromatic carbocycles. The molecule has 1 fully saturated rings. The fourth-order valence-electron chi connectivity index (χ4n) is 4.40. The van der Waals surface area contributed by atoms with Crippen molar-refractivity contribution in [2.24, 2.45) is 10.7 Å². The van der Waals surface area contributed by atoms with Crippen LogP contribution in [-0.4, -0.2) is 100 Å². The molecule has 5 N–H and O–H groups in total.